The number of ether oxygens (including phenoxy) is 1. The molecule has 1 saturated carbocycles. The molecular weight excluding hydrogens is 264 g/mol. The first kappa shape index (κ1) is 12.9. The summed E-state index contributed by atoms with van der Waals surface area (Å²) in [6.07, 6.45) is 2.72. The van der Waals surface area contributed by atoms with E-state index in [0.29, 0.717) is 0 Å². The van der Waals surface area contributed by atoms with Crippen molar-refractivity contribution in [3.8, 4) is 0 Å². The Hall–Kier alpha value is -0.100. The first-order chi connectivity index (χ1) is 8.92. The molecule has 2 heterocycles. The molecule has 0 bridgehead atoms. The van der Waals surface area contributed by atoms with E-state index < -0.39 is 0 Å². The highest BCUT2D eigenvalue weighted by Crippen LogP contribution is 2.41. The Morgan fingerprint density at radius 1 is 1.39 bits per heavy atom. The quantitative estimate of drug-likeness (QED) is 0.750. The molecule has 0 radical (unpaired) electrons. The van der Waals surface area contributed by atoms with Crippen LogP contribution in [0.25, 0.3) is 0 Å². The number of morpholine rings is 1. The molecule has 18 heavy (non-hydrogen) atoms. The Kier molecular flexibility index (Phi) is 4.57. The molecule has 1 aromatic heterocycles. The summed E-state index contributed by atoms with van der Waals surface area (Å²) >= 11 is 3.86. The summed E-state index contributed by atoms with van der Waals surface area (Å²) in [6.45, 7) is 5.20. The number of hydrogen-bond acceptors (Lipinski definition) is 5. The van der Waals surface area contributed by atoms with Crippen LogP contribution in [0, 0.1) is 0 Å². The summed E-state index contributed by atoms with van der Waals surface area (Å²) in [5, 5.41) is 3.62. The first-order valence-electron chi connectivity index (χ1n) is 6.74. The van der Waals surface area contributed by atoms with Gasteiger partial charge in [-0.3, -0.25) is 4.90 Å². The lowest BCUT2D eigenvalue weighted by atomic mass is 10.4. The van der Waals surface area contributed by atoms with Crippen LogP contribution < -0.4 is 0 Å². The molecule has 0 spiro atoms. The fraction of sp³-hybridized carbons (Fsp3) is 0.769. The molecule has 2 aliphatic rings. The highest BCUT2D eigenvalue weighted by Gasteiger charge is 2.26. The van der Waals surface area contributed by atoms with Gasteiger partial charge in [-0.25, -0.2) is 4.98 Å². The summed E-state index contributed by atoms with van der Waals surface area (Å²) in [4.78, 5) is 7.21. The molecule has 0 aromatic carbocycles. The fourth-order valence-electron chi connectivity index (χ4n) is 2.10. The second kappa shape index (κ2) is 6.37. The number of aromatic nitrogens is 1. The third-order valence-corrected chi connectivity index (χ3v) is 5.43. The molecule has 2 fully saturated rings. The maximum Gasteiger partial charge on any atom is 0.0959 e. The Morgan fingerprint density at radius 3 is 3.00 bits per heavy atom. The van der Waals surface area contributed by atoms with Crippen molar-refractivity contribution < 1.29 is 4.74 Å². The van der Waals surface area contributed by atoms with Gasteiger partial charge in [-0.1, -0.05) is 0 Å². The molecule has 1 aliphatic carbocycles. The van der Waals surface area contributed by atoms with Crippen LogP contribution in [0.2, 0.25) is 0 Å². The molecular formula is C13H20N2OS2. The summed E-state index contributed by atoms with van der Waals surface area (Å²) in [5.41, 5.74) is 1.29. The van der Waals surface area contributed by atoms with Gasteiger partial charge >= 0.3 is 0 Å². The van der Waals surface area contributed by atoms with Gasteiger partial charge in [0.15, 0.2) is 0 Å². The van der Waals surface area contributed by atoms with Gasteiger partial charge in [-0.15, -0.1) is 11.3 Å². The molecule has 1 aromatic rings. The van der Waals surface area contributed by atoms with Gasteiger partial charge in [0.1, 0.15) is 0 Å². The van der Waals surface area contributed by atoms with Crippen molar-refractivity contribution in [3.05, 3.63) is 16.1 Å². The monoisotopic (exact) mass is 284 g/mol. The van der Waals surface area contributed by atoms with Gasteiger partial charge in [0.05, 0.1) is 23.9 Å². The van der Waals surface area contributed by atoms with Crippen molar-refractivity contribution in [2.75, 3.05) is 38.6 Å². The molecule has 3 nitrogen and oxygen atoms in total. The normalized spacial score (nSPS) is 21.3. The van der Waals surface area contributed by atoms with E-state index in [-0.39, 0.29) is 0 Å². The average molecular weight is 284 g/mol. The molecule has 100 valence electrons. The third kappa shape index (κ3) is 3.70. The number of rotatable bonds is 6. The van der Waals surface area contributed by atoms with Crippen LogP contribution in [0.1, 0.15) is 29.5 Å². The van der Waals surface area contributed by atoms with Crippen LogP contribution in [-0.4, -0.2) is 48.5 Å². The largest absolute Gasteiger partial charge is 0.379 e. The van der Waals surface area contributed by atoms with Crippen LogP contribution in [0.3, 0.4) is 0 Å². The van der Waals surface area contributed by atoms with Crippen molar-refractivity contribution in [1.82, 2.24) is 9.88 Å². The van der Waals surface area contributed by atoms with E-state index >= 15 is 0 Å². The minimum absolute atomic E-state index is 0.807. The lowest BCUT2D eigenvalue weighted by Gasteiger charge is -2.26. The van der Waals surface area contributed by atoms with Crippen molar-refractivity contribution in [2.45, 2.75) is 24.5 Å². The van der Waals surface area contributed by atoms with Gasteiger partial charge in [0.25, 0.3) is 0 Å². The first-order valence-corrected chi connectivity index (χ1v) is 8.77. The summed E-state index contributed by atoms with van der Waals surface area (Å²) in [7, 11) is 0. The maximum atomic E-state index is 5.35. The van der Waals surface area contributed by atoms with Crippen molar-refractivity contribution in [1.29, 1.82) is 0 Å². The topological polar surface area (TPSA) is 25.4 Å². The lowest BCUT2D eigenvalue weighted by Crippen LogP contribution is -2.37. The number of nitrogens with zero attached hydrogens (tertiary/aromatic N) is 2. The van der Waals surface area contributed by atoms with Crippen LogP contribution in [0.5, 0.6) is 0 Å². The second-order valence-electron chi connectivity index (χ2n) is 4.96. The molecule has 0 N–H and O–H groups in total. The molecule has 0 amide bonds. The lowest BCUT2D eigenvalue weighted by molar-refractivity contribution is 0.0410. The fourth-order valence-corrected chi connectivity index (χ4v) is 4.09. The van der Waals surface area contributed by atoms with Gasteiger partial charge in [0, 0.05) is 42.4 Å². The van der Waals surface area contributed by atoms with Crippen molar-refractivity contribution in [2.24, 2.45) is 0 Å². The zero-order valence-electron chi connectivity index (χ0n) is 10.6. The molecule has 1 saturated heterocycles. The number of hydrogen-bond donors (Lipinski definition) is 0. The number of thioether (sulfide) groups is 1. The molecule has 0 unspecified atom stereocenters. The maximum absolute atomic E-state index is 5.35. The SMILES string of the molecule is c1sc(C2CC2)nc1CSCCN1CCOCC1. The zero-order valence-corrected chi connectivity index (χ0v) is 12.3. The Bertz CT molecular complexity index is 373. The van der Waals surface area contributed by atoms with Gasteiger partial charge in [-0.2, -0.15) is 11.8 Å². The van der Waals surface area contributed by atoms with E-state index in [1.54, 1.807) is 0 Å². The zero-order chi connectivity index (χ0) is 12.2. The Morgan fingerprint density at radius 2 is 2.22 bits per heavy atom. The van der Waals surface area contributed by atoms with Gasteiger partial charge in [-0.05, 0) is 12.8 Å². The van der Waals surface area contributed by atoms with E-state index in [0.717, 1.165) is 38.0 Å². The third-order valence-electron chi connectivity index (χ3n) is 3.40. The van der Waals surface area contributed by atoms with Crippen LogP contribution in [-0.2, 0) is 10.5 Å². The van der Waals surface area contributed by atoms with E-state index in [1.165, 1.54) is 35.8 Å². The Labute approximate surface area is 117 Å². The summed E-state index contributed by atoms with van der Waals surface area (Å²) < 4.78 is 5.35. The molecule has 0 atom stereocenters. The molecule has 1 aliphatic heterocycles. The van der Waals surface area contributed by atoms with E-state index in [4.69, 9.17) is 9.72 Å². The van der Waals surface area contributed by atoms with E-state index in [1.807, 2.05) is 23.1 Å². The molecule has 5 heteroatoms. The van der Waals surface area contributed by atoms with Crippen LogP contribution >= 0.6 is 23.1 Å². The minimum atomic E-state index is 0.807. The highest BCUT2D eigenvalue weighted by molar-refractivity contribution is 7.98. The smallest absolute Gasteiger partial charge is 0.0959 e. The van der Waals surface area contributed by atoms with E-state index in [9.17, 15) is 0 Å². The average Bonchev–Trinajstić information content (AvgIpc) is 3.16. The van der Waals surface area contributed by atoms with Crippen LogP contribution in [0.15, 0.2) is 5.38 Å². The predicted molar refractivity (Wildman–Crippen MR) is 77.5 cm³/mol. The minimum Gasteiger partial charge on any atom is -0.379 e. The van der Waals surface area contributed by atoms with Crippen molar-refractivity contribution >= 4 is 23.1 Å². The molecule has 3 rings (SSSR count). The van der Waals surface area contributed by atoms with Crippen molar-refractivity contribution in [3.63, 3.8) is 0 Å². The van der Waals surface area contributed by atoms with Gasteiger partial charge in [0.2, 0.25) is 0 Å². The Balaban J connectivity index is 1.33. The summed E-state index contributed by atoms with van der Waals surface area (Å²) in [6, 6.07) is 0. The second-order valence-corrected chi connectivity index (χ2v) is 6.95. The highest BCUT2D eigenvalue weighted by atomic mass is 32.2. The van der Waals surface area contributed by atoms with Crippen LogP contribution in [0.4, 0.5) is 0 Å². The summed E-state index contributed by atoms with van der Waals surface area (Å²) in [5.74, 6) is 3.09. The number of thiazole rings is 1. The predicted octanol–water partition coefficient (Wildman–Crippen LogP) is 2.59. The standard InChI is InChI=1S/C13H20N2OS2/c1-2-11(1)13-14-12(10-18-13)9-17-8-5-15-3-6-16-7-4-15/h10-11H,1-9H2. The van der Waals surface area contributed by atoms with Gasteiger partial charge < -0.3 is 4.74 Å². The van der Waals surface area contributed by atoms with E-state index in [2.05, 4.69) is 10.3 Å².